The lowest BCUT2D eigenvalue weighted by molar-refractivity contribution is -0.132. The molecule has 0 bridgehead atoms. The topological polar surface area (TPSA) is 99.2 Å². The molecule has 2 N–H and O–H groups in total. The van der Waals surface area contributed by atoms with E-state index in [1.807, 2.05) is 41.8 Å². The van der Waals surface area contributed by atoms with Gasteiger partial charge in [0.25, 0.3) is 5.78 Å². The third-order valence-corrected chi connectivity index (χ3v) is 5.74. The smallest absolute Gasteiger partial charge is 0.302 e. The summed E-state index contributed by atoms with van der Waals surface area (Å²) in [5.41, 5.74) is 1.89. The molecule has 1 aliphatic heterocycles. The van der Waals surface area contributed by atoms with Crippen molar-refractivity contribution in [3.05, 3.63) is 82.3 Å². The van der Waals surface area contributed by atoms with Crippen molar-refractivity contribution < 1.29 is 14.7 Å². The zero-order valence-corrected chi connectivity index (χ0v) is 15.8. The summed E-state index contributed by atoms with van der Waals surface area (Å²) >= 11 is 1.40. The van der Waals surface area contributed by atoms with Crippen LogP contribution in [0.15, 0.2) is 71.9 Å². The number of nitrogens with one attached hydrogen (secondary N) is 1. The molecule has 29 heavy (non-hydrogen) atoms. The maximum Gasteiger partial charge on any atom is 0.302 e. The molecule has 0 radical (unpaired) electrons. The van der Waals surface area contributed by atoms with Crippen LogP contribution in [-0.2, 0) is 9.59 Å². The van der Waals surface area contributed by atoms with E-state index < -0.39 is 17.7 Å². The number of H-pyrrole nitrogens is 1. The number of carbonyl (C=O) groups excluding carboxylic acids is 2. The van der Waals surface area contributed by atoms with E-state index in [-0.39, 0.29) is 17.3 Å². The molecule has 1 aliphatic rings. The monoisotopic (exact) mass is 402 g/mol. The third kappa shape index (κ3) is 2.73. The predicted octanol–water partition coefficient (Wildman–Crippen LogP) is 3.65. The minimum absolute atomic E-state index is 0.0316. The van der Waals surface area contributed by atoms with Gasteiger partial charge in [-0.3, -0.25) is 19.5 Å². The SMILES string of the molecule is O=C1C(=O)N(c2nc3ccccc3[nH]2)C(c2cccs2)/C1=C(\O)c1ccncc1. The Morgan fingerprint density at radius 1 is 1.07 bits per heavy atom. The molecule has 0 saturated carbocycles. The van der Waals surface area contributed by atoms with Crippen LogP contribution in [0.5, 0.6) is 0 Å². The number of thiophene rings is 1. The number of fused-ring (bicyclic) bond motifs is 1. The highest BCUT2D eigenvalue weighted by Crippen LogP contribution is 2.42. The Labute approximate surface area is 169 Å². The van der Waals surface area contributed by atoms with E-state index >= 15 is 0 Å². The Bertz CT molecular complexity index is 1230. The number of hydrogen-bond acceptors (Lipinski definition) is 6. The van der Waals surface area contributed by atoms with Crippen LogP contribution in [-0.4, -0.2) is 31.7 Å². The number of para-hydroxylation sites is 2. The maximum absolute atomic E-state index is 13.0. The molecule has 1 amide bonds. The molecule has 1 saturated heterocycles. The average molecular weight is 402 g/mol. The molecule has 5 rings (SSSR count). The molecule has 1 unspecified atom stereocenters. The lowest BCUT2D eigenvalue weighted by Gasteiger charge is -2.21. The Balaban J connectivity index is 1.73. The molecule has 1 atom stereocenters. The average Bonchev–Trinajstić information content (AvgIpc) is 3.47. The van der Waals surface area contributed by atoms with Gasteiger partial charge in [0.05, 0.1) is 16.6 Å². The molecule has 7 nitrogen and oxygen atoms in total. The first-order valence-corrected chi connectivity index (χ1v) is 9.72. The van der Waals surface area contributed by atoms with E-state index in [0.29, 0.717) is 11.1 Å². The van der Waals surface area contributed by atoms with Gasteiger partial charge in [0, 0.05) is 22.8 Å². The van der Waals surface area contributed by atoms with E-state index in [4.69, 9.17) is 0 Å². The van der Waals surface area contributed by atoms with Crippen molar-refractivity contribution in [2.24, 2.45) is 0 Å². The summed E-state index contributed by atoms with van der Waals surface area (Å²) < 4.78 is 0. The van der Waals surface area contributed by atoms with Crippen LogP contribution in [0, 0.1) is 0 Å². The van der Waals surface area contributed by atoms with E-state index in [2.05, 4.69) is 15.0 Å². The fourth-order valence-electron chi connectivity index (χ4n) is 3.49. The minimum atomic E-state index is -0.774. The number of Topliss-reactive ketones (excluding diaryl/α,β-unsaturated/α-hetero) is 1. The number of aromatic amines is 1. The van der Waals surface area contributed by atoms with E-state index in [9.17, 15) is 14.7 Å². The summed E-state index contributed by atoms with van der Waals surface area (Å²) in [6.45, 7) is 0. The van der Waals surface area contributed by atoms with Gasteiger partial charge in [0.15, 0.2) is 0 Å². The number of aliphatic hydroxyl groups is 1. The number of benzene rings is 1. The predicted molar refractivity (Wildman–Crippen MR) is 109 cm³/mol. The summed E-state index contributed by atoms with van der Waals surface area (Å²) in [6.07, 6.45) is 3.04. The number of amides is 1. The summed E-state index contributed by atoms with van der Waals surface area (Å²) in [5, 5.41) is 12.8. The number of hydrogen-bond donors (Lipinski definition) is 2. The van der Waals surface area contributed by atoms with Gasteiger partial charge < -0.3 is 10.1 Å². The van der Waals surface area contributed by atoms with Crippen LogP contribution in [0.25, 0.3) is 16.8 Å². The first kappa shape index (κ1) is 17.3. The van der Waals surface area contributed by atoms with Gasteiger partial charge in [-0.1, -0.05) is 18.2 Å². The van der Waals surface area contributed by atoms with Crippen molar-refractivity contribution in [2.75, 3.05) is 4.90 Å². The van der Waals surface area contributed by atoms with Gasteiger partial charge in [-0.05, 0) is 35.7 Å². The van der Waals surface area contributed by atoms with Crippen LogP contribution in [0.2, 0.25) is 0 Å². The van der Waals surface area contributed by atoms with Gasteiger partial charge in [-0.25, -0.2) is 4.98 Å². The fourth-order valence-corrected chi connectivity index (χ4v) is 4.31. The first-order chi connectivity index (χ1) is 14.1. The first-order valence-electron chi connectivity index (χ1n) is 8.84. The number of imidazole rings is 1. The number of carbonyl (C=O) groups is 2. The Morgan fingerprint density at radius 2 is 1.86 bits per heavy atom. The van der Waals surface area contributed by atoms with E-state index in [1.54, 1.807) is 12.1 Å². The second kappa shape index (κ2) is 6.68. The molecule has 1 fully saturated rings. The van der Waals surface area contributed by atoms with Crippen LogP contribution in [0.4, 0.5) is 5.95 Å². The number of anilines is 1. The van der Waals surface area contributed by atoms with Gasteiger partial charge >= 0.3 is 5.91 Å². The van der Waals surface area contributed by atoms with Crippen molar-refractivity contribution in [3.8, 4) is 0 Å². The van der Waals surface area contributed by atoms with Crippen molar-refractivity contribution >= 4 is 45.8 Å². The van der Waals surface area contributed by atoms with Crippen molar-refractivity contribution in [3.63, 3.8) is 0 Å². The van der Waals surface area contributed by atoms with Crippen molar-refractivity contribution in [2.45, 2.75) is 6.04 Å². The molecule has 4 aromatic rings. The second-order valence-electron chi connectivity index (χ2n) is 6.50. The molecule has 0 aliphatic carbocycles. The molecule has 4 heterocycles. The molecular formula is C21H14N4O3S. The number of rotatable bonds is 3. The highest BCUT2D eigenvalue weighted by atomic mass is 32.1. The molecule has 142 valence electrons. The van der Waals surface area contributed by atoms with Crippen LogP contribution >= 0.6 is 11.3 Å². The summed E-state index contributed by atoms with van der Waals surface area (Å²) in [6, 6.07) is 13.5. The van der Waals surface area contributed by atoms with Gasteiger partial charge in [0.2, 0.25) is 5.95 Å². The zero-order valence-electron chi connectivity index (χ0n) is 14.9. The number of aliphatic hydroxyl groups excluding tert-OH is 1. The third-order valence-electron chi connectivity index (χ3n) is 4.82. The van der Waals surface area contributed by atoms with Crippen LogP contribution in [0.3, 0.4) is 0 Å². The van der Waals surface area contributed by atoms with Crippen LogP contribution < -0.4 is 4.90 Å². The highest BCUT2D eigenvalue weighted by molar-refractivity contribution is 7.10. The van der Waals surface area contributed by atoms with Crippen molar-refractivity contribution in [1.82, 2.24) is 15.0 Å². The Hall–Kier alpha value is -3.78. The highest BCUT2D eigenvalue weighted by Gasteiger charge is 2.48. The maximum atomic E-state index is 13.0. The summed E-state index contributed by atoms with van der Waals surface area (Å²) in [5.74, 6) is -1.46. The number of aromatic nitrogens is 3. The van der Waals surface area contributed by atoms with Gasteiger partial charge in [-0.15, -0.1) is 11.3 Å². The van der Waals surface area contributed by atoms with Gasteiger partial charge in [-0.2, -0.15) is 0 Å². The lowest BCUT2D eigenvalue weighted by Crippen LogP contribution is -2.30. The summed E-state index contributed by atoms with van der Waals surface area (Å²) in [4.78, 5) is 39.6. The molecule has 8 heteroatoms. The second-order valence-corrected chi connectivity index (χ2v) is 7.48. The molecule has 1 aromatic carbocycles. The minimum Gasteiger partial charge on any atom is -0.507 e. The van der Waals surface area contributed by atoms with E-state index in [0.717, 1.165) is 10.4 Å². The van der Waals surface area contributed by atoms with Gasteiger partial charge in [0.1, 0.15) is 11.8 Å². The van der Waals surface area contributed by atoms with E-state index in [1.165, 1.54) is 28.6 Å². The van der Waals surface area contributed by atoms with Crippen LogP contribution in [0.1, 0.15) is 16.5 Å². The normalized spacial score (nSPS) is 18.6. The number of nitrogens with zero attached hydrogens (tertiary/aromatic N) is 3. The zero-order chi connectivity index (χ0) is 20.0. The number of pyridine rings is 1. The quantitative estimate of drug-likeness (QED) is 0.310. The fraction of sp³-hybridized carbons (Fsp3) is 0.0476. The molecule has 0 spiro atoms. The standard InChI is InChI=1S/C21H14N4O3S/c26-18(12-7-9-22-10-8-12)16-17(15-6-3-11-29-15)25(20(28)19(16)27)21-23-13-4-1-2-5-14(13)24-21/h1-11,17,26H,(H,23,24)/b18-16+. The lowest BCUT2D eigenvalue weighted by atomic mass is 10.0. The number of ketones is 1. The summed E-state index contributed by atoms with van der Waals surface area (Å²) in [7, 11) is 0. The van der Waals surface area contributed by atoms with Crippen molar-refractivity contribution in [1.29, 1.82) is 0 Å². The molecular weight excluding hydrogens is 388 g/mol. The Kier molecular flexibility index (Phi) is 3.99. The Morgan fingerprint density at radius 3 is 2.59 bits per heavy atom. The molecule has 3 aromatic heterocycles. The largest absolute Gasteiger partial charge is 0.507 e.